The molecule has 2 bridgehead atoms. The summed E-state index contributed by atoms with van der Waals surface area (Å²) in [4.78, 5) is 16.5. The second-order valence-electron chi connectivity index (χ2n) is 6.90. The third kappa shape index (κ3) is 4.08. The van der Waals surface area contributed by atoms with Gasteiger partial charge in [0.05, 0.1) is 0 Å². The monoisotopic (exact) mass is 269 g/mol. The van der Waals surface area contributed by atoms with Crippen molar-refractivity contribution in [1.82, 2.24) is 9.80 Å². The summed E-state index contributed by atoms with van der Waals surface area (Å²) in [6, 6.07) is 0. The average Bonchev–Trinajstić information content (AvgIpc) is 2.25. The number of hydrogen-bond acceptors (Lipinski definition) is 4. The predicted octanol–water partition coefficient (Wildman–Crippen LogP) is 1.13. The van der Waals surface area contributed by atoms with Crippen molar-refractivity contribution < 1.29 is 9.53 Å². The fourth-order valence-corrected chi connectivity index (χ4v) is 3.23. The van der Waals surface area contributed by atoms with E-state index >= 15 is 0 Å². The Balaban J connectivity index is 1.90. The van der Waals surface area contributed by atoms with Crippen LogP contribution in [0.4, 0.5) is 4.79 Å². The van der Waals surface area contributed by atoms with Crippen LogP contribution in [0.3, 0.4) is 0 Å². The van der Waals surface area contributed by atoms with Gasteiger partial charge in [-0.15, -0.1) is 0 Å². The number of amides is 1. The molecule has 19 heavy (non-hydrogen) atoms. The molecule has 5 heteroatoms. The number of ether oxygens (including phenoxy) is 1. The minimum atomic E-state index is -0.408. The Morgan fingerprint density at radius 1 is 1.21 bits per heavy atom. The summed E-state index contributed by atoms with van der Waals surface area (Å²) in [6.07, 6.45) is 1.08. The Kier molecular flexibility index (Phi) is 4.36. The summed E-state index contributed by atoms with van der Waals surface area (Å²) in [6.45, 7) is 11.2. The van der Waals surface area contributed by atoms with Crippen LogP contribution in [-0.4, -0.2) is 60.8 Å². The van der Waals surface area contributed by atoms with E-state index < -0.39 is 5.60 Å². The second kappa shape index (κ2) is 5.67. The molecule has 110 valence electrons. The standard InChI is InChI=1S/C14H27N3O2/c1-14(2,3)19-13(18)17-9-11-6-12(10-17)8-16(7-11)5-4-15/h11-12H,4-10,15H2,1-3H3. The summed E-state index contributed by atoms with van der Waals surface area (Å²) in [5.41, 5.74) is 5.22. The molecule has 2 fully saturated rings. The molecule has 0 aromatic heterocycles. The van der Waals surface area contributed by atoms with E-state index in [1.54, 1.807) is 0 Å². The van der Waals surface area contributed by atoms with Crippen molar-refractivity contribution in [2.24, 2.45) is 17.6 Å². The zero-order valence-electron chi connectivity index (χ0n) is 12.4. The number of nitrogens with two attached hydrogens (primary N) is 1. The minimum absolute atomic E-state index is 0.158. The highest BCUT2D eigenvalue weighted by Crippen LogP contribution is 2.29. The molecule has 2 aliphatic heterocycles. The van der Waals surface area contributed by atoms with E-state index in [4.69, 9.17) is 10.5 Å². The summed E-state index contributed by atoms with van der Waals surface area (Å²) in [5.74, 6) is 1.15. The lowest BCUT2D eigenvalue weighted by Gasteiger charge is -2.45. The molecule has 0 aromatic rings. The highest BCUT2D eigenvalue weighted by molar-refractivity contribution is 5.68. The van der Waals surface area contributed by atoms with Gasteiger partial charge in [-0.25, -0.2) is 4.79 Å². The first-order valence-electron chi connectivity index (χ1n) is 7.27. The van der Waals surface area contributed by atoms with Crippen molar-refractivity contribution in [2.75, 3.05) is 39.3 Å². The largest absolute Gasteiger partial charge is 0.444 e. The van der Waals surface area contributed by atoms with E-state index in [9.17, 15) is 4.79 Å². The van der Waals surface area contributed by atoms with Crippen LogP contribution < -0.4 is 5.73 Å². The Hall–Kier alpha value is -0.810. The Labute approximate surface area is 116 Å². The molecule has 1 amide bonds. The Morgan fingerprint density at radius 3 is 2.26 bits per heavy atom. The van der Waals surface area contributed by atoms with Gasteiger partial charge in [-0.3, -0.25) is 0 Å². The van der Waals surface area contributed by atoms with Gasteiger partial charge in [0.25, 0.3) is 0 Å². The van der Waals surface area contributed by atoms with E-state index in [1.165, 1.54) is 6.42 Å². The van der Waals surface area contributed by atoms with E-state index in [0.717, 1.165) is 39.3 Å². The lowest BCUT2D eigenvalue weighted by molar-refractivity contribution is -0.00904. The molecule has 2 aliphatic rings. The molecule has 2 rings (SSSR count). The van der Waals surface area contributed by atoms with Gasteiger partial charge in [-0.05, 0) is 39.0 Å². The number of piperidine rings is 2. The fraction of sp³-hybridized carbons (Fsp3) is 0.929. The first kappa shape index (κ1) is 14.6. The molecule has 2 saturated heterocycles. The lowest BCUT2D eigenvalue weighted by atomic mass is 9.85. The van der Waals surface area contributed by atoms with Gasteiger partial charge in [0.1, 0.15) is 5.60 Å². The van der Waals surface area contributed by atoms with Gasteiger partial charge in [0.15, 0.2) is 0 Å². The summed E-state index contributed by atoms with van der Waals surface area (Å²) in [5, 5.41) is 0. The van der Waals surface area contributed by atoms with Crippen LogP contribution in [0.5, 0.6) is 0 Å². The van der Waals surface area contributed by atoms with Crippen molar-refractivity contribution in [3.63, 3.8) is 0 Å². The van der Waals surface area contributed by atoms with Crippen molar-refractivity contribution >= 4 is 6.09 Å². The third-order valence-corrected chi connectivity index (χ3v) is 3.75. The van der Waals surface area contributed by atoms with Gasteiger partial charge in [-0.1, -0.05) is 0 Å². The molecular weight excluding hydrogens is 242 g/mol. The SMILES string of the molecule is CC(C)(C)OC(=O)N1CC2CC(CN(CCN)C2)C1. The zero-order valence-corrected chi connectivity index (χ0v) is 12.4. The maximum Gasteiger partial charge on any atom is 0.410 e. The van der Waals surface area contributed by atoms with E-state index in [1.807, 2.05) is 25.7 Å². The third-order valence-electron chi connectivity index (χ3n) is 3.75. The van der Waals surface area contributed by atoms with Crippen LogP contribution in [0, 0.1) is 11.8 Å². The van der Waals surface area contributed by atoms with Gasteiger partial charge < -0.3 is 20.3 Å². The molecule has 0 saturated carbocycles. The molecule has 2 atom stereocenters. The minimum Gasteiger partial charge on any atom is -0.444 e. The van der Waals surface area contributed by atoms with Crippen molar-refractivity contribution in [2.45, 2.75) is 32.8 Å². The van der Waals surface area contributed by atoms with E-state index in [2.05, 4.69) is 4.90 Å². The normalized spacial score (nSPS) is 28.3. The van der Waals surface area contributed by atoms with Crippen LogP contribution in [0.15, 0.2) is 0 Å². The molecule has 0 aromatic carbocycles. The number of carbonyl (C=O) groups excluding carboxylic acids is 1. The number of fused-ring (bicyclic) bond motifs is 2. The molecule has 0 radical (unpaired) electrons. The van der Waals surface area contributed by atoms with Crippen molar-refractivity contribution in [1.29, 1.82) is 0 Å². The fourth-order valence-electron chi connectivity index (χ4n) is 3.23. The van der Waals surface area contributed by atoms with Gasteiger partial charge in [-0.2, -0.15) is 0 Å². The maximum atomic E-state index is 12.1. The zero-order chi connectivity index (χ0) is 14.0. The van der Waals surface area contributed by atoms with Crippen LogP contribution in [0.25, 0.3) is 0 Å². The number of nitrogens with zero attached hydrogens (tertiary/aromatic N) is 2. The van der Waals surface area contributed by atoms with Crippen LogP contribution in [-0.2, 0) is 4.74 Å². The molecule has 0 spiro atoms. The Bertz CT molecular complexity index is 313. The smallest absolute Gasteiger partial charge is 0.410 e. The Morgan fingerprint density at radius 2 is 1.79 bits per heavy atom. The number of carbonyl (C=O) groups is 1. The van der Waals surface area contributed by atoms with E-state index in [0.29, 0.717) is 11.8 Å². The second-order valence-corrected chi connectivity index (χ2v) is 6.90. The summed E-state index contributed by atoms with van der Waals surface area (Å²) < 4.78 is 5.47. The maximum absolute atomic E-state index is 12.1. The molecule has 0 aliphatic carbocycles. The van der Waals surface area contributed by atoms with Gasteiger partial charge in [0.2, 0.25) is 0 Å². The molecule has 5 nitrogen and oxygen atoms in total. The highest BCUT2D eigenvalue weighted by Gasteiger charge is 2.36. The van der Waals surface area contributed by atoms with Gasteiger partial charge in [0, 0.05) is 39.3 Å². The number of hydrogen-bond donors (Lipinski definition) is 1. The molecule has 2 unspecified atom stereocenters. The van der Waals surface area contributed by atoms with Crippen molar-refractivity contribution in [3.05, 3.63) is 0 Å². The quantitative estimate of drug-likeness (QED) is 0.816. The van der Waals surface area contributed by atoms with E-state index in [-0.39, 0.29) is 6.09 Å². The van der Waals surface area contributed by atoms with Crippen LogP contribution >= 0.6 is 0 Å². The molecular formula is C14H27N3O2. The summed E-state index contributed by atoms with van der Waals surface area (Å²) >= 11 is 0. The van der Waals surface area contributed by atoms with Gasteiger partial charge >= 0.3 is 6.09 Å². The highest BCUT2D eigenvalue weighted by atomic mass is 16.6. The molecule has 2 heterocycles. The first-order chi connectivity index (χ1) is 8.87. The van der Waals surface area contributed by atoms with Crippen molar-refractivity contribution in [3.8, 4) is 0 Å². The van der Waals surface area contributed by atoms with Crippen LogP contribution in [0.1, 0.15) is 27.2 Å². The first-order valence-corrected chi connectivity index (χ1v) is 7.27. The summed E-state index contributed by atoms with van der Waals surface area (Å²) in [7, 11) is 0. The molecule has 2 N–H and O–H groups in total. The number of likely N-dealkylation sites (tertiary alicyclic amines) is 2. The lowest BCUT2D eigenvalue weighted by Crippen LogP contribution is -2.55. The predicted molar refractivity (Wildman–Crippen MR) is 74.9 cm³/mol. The number of rotatable bonds is 2. The average molecular weight is 269 g/mol. The van der Waals surface area contributed by atoms with Crippen LogP contribution in [0.2, 0.25) is 0 Å². The topological polar surface area (TPSA) is 58.8 Å².